The van der Waals surface area contributed by atoms with Crippen molar-refractivity contribution in [2.45, 2.75) is 43.4 Å². The number of hydrazine groups is 1. The Hall–Kier alpha value is -1.05. The zero-order chi connectivity index (χ0) is 15.6. The van der Waals surface area contributed by atoms with Crippen LogP contribution in [0, 0.1) is 5.92 Å². The quantitative estimate of drug-likeness (QED) is 0.629. The molecule has 0 radical (unpaired) electrons. The first kappa shape index (κ1) is 15.5. The minimum atomic E-state index is 0.405. The maximum absolute atomic E-state index is 6.03. The molecule has 4 atom stereocenters. The lowest BCUT2D eigenvalue weighted by Gasteiger charge is -2.37. The van der Waals surface area contributed by atoms with Crippen LogP contribution in [-0.2, 0) is 0 Å². The molecular weight excluding hydrogens is 288 g/mol. The fourth-order valence-corrected chi connectivity index (χ4v) is 4.29. The Morgan fingerprint density at radius 2 is 2.13 bits per heavy atom. The van der Waals surface area contributed by atoms with Crippen LogP contribution in [0.3, 0.4) is 0 Å². The van der Waals surface area contributed by atoms with Gasteiger partial charge in [-0.25, -0.2) is 0 Å². The van der Waals surface area contributed by atoms with Crippen LogP contribution in [0.25, 0.3) is 0 Å². The SMILES string of the molecule is NC1CCN(CC2NNC3CNC(c4cccnc4)CC32)CC1. The summed E-state index contributed by atoms with van der Waals surface area (Å²) < 4.78 is 0. The zero-order valence-corrected chi connectivity index (χ0v) is 13.6. The summed E-state index contributed by atoms with van der Waals surface area (Å²) >= 11 is 0. The number of rotatable bonds is 3. The van der Waals surface area contributed by atoms with E-state index in [1.165, 1.54) is 5.56 Å². The van der Waals surface area contributed by atoms with Crippen molar-refractivity contribution in [3.8, 4) is 0 Å². The summed E-state index contributed by atoms with van der Waals surface area (Å²) in [5.41, 5.74) is 14.4. The van der Waals surface area contributed by atoms with Crippen molar-refractivity contribution in [3.63, 3.8) is 0 Å². The van der Waals surface area contributed by atoms with E-state index in [9.17, 15) is 0 Å². The standard InChI is InChI=1S/C17H28N6/c18-13-3-6-23(7-4-13)11-17-14-8-15(12-2-1-5-19-9-12)20-10-16(14)21-22-17/h1-2,5,9,13-17,20-22H,3-4,6-8,10-11,18H2. The number of nitrogens with zero attached hydrogens (tertiary/aromatic N) is 2. The molecule has 1 aromatic heterocycles. The Bertz CT molecular complexity index is 501. The topological polar surface area (TPSA) is 78.2 Å². The highest BCUT2D eigenvalue weighted by Crippen LogP contribution is 2.32. The molecule has 0 aliphatic carbocycles. The number of hydrogen-bond donors (Lipinski definition) is 4. The van der Waals surface area contributed by atoms with Crippen molar-refractivity contribution in [3.05, 3.63) is 30.1 Å². The Morgan fingerprint density at radius 1 is 1.26 bits per heavy atom. The maximum Gasteiger partial charge on any atom is 0.0385 e. The molecule has 6 nitrogen and oxygen atoms in total. The number of nitrogens with two attached hydrogens (primary N) is 1. The molecule has 0 spiro atoms. The molecule has 3 saturated heterocycles. The van der Waals surface area contributed by atoms with Gasteiger partial charge in [0.05, 0.1) is 0 Å². The van der Waals surface area contributed by atoms with Gasteiger partial charge in [0.15, 0.2) is 0 Å². The number of pyridine rings is 1. The van der Waals surface area contributed by atoms with Crippen molar-refractivity contribution in [2.24, 2.45) is 11.7 Å². The monoisotopic (exact) mass is 316 g/mol. The molecule has 0 aromatic carbocycles. The molecule has 3 aliphatic rings. The number of nitrogens with one attached hydrogen (secondary N) is 3. The summed E-state index contributed by atoms with van der Waals surface area (Å²) in [4.78, 5) is 6.85. The van der Waals surface area contributed by atoms with E-state index in [0.29, 0.717) is 30.1 Å². The van der Waals surface area contributed by atoms with E-state index in [1.807, 2.05) is 18.5 Å². The van der Waals surface area contributed by atoms with Crippen LogP contribution in [0.1, 0.15) is 30.9 Å². The van der Waals surface area contributed by atoms with Gasteiger partial charge in [-0.3, -0.25) is 15.8 Å². The first-order valence-electron chi connectivity index (χ1n) is 8.92. The fourth-order valence-electron chi connectivity index (χ4n) is 4.29. The van der Waals surface area contributed by atoms with Crippen molar-refractivity contribution in [2.75, 3.05) is 26.2 Å². The van der Waals surface area contributed by atoms with Gasteiger partial charge < -0.3 is 16.0 Å². The third-order valence-electron chi connectivity index (χ3n) is 5.75. The molecule has 0 saturated carbocycles. The molecule has 1 aromatic rings. The van der Waals surface area contributed by atoms with Gasteiger partial charge in [0.1, 0.15) is 0 Å². The minimum Gasteiger partial charge on any atom is -0.328 e. The van der Waals surface area contributed by atoms with Gasteiger partial charge in [-0.1, -0.05) is 6.07 Å². The lowest BCUT2D eigenvalue weighted by atomic mass is 9.82. The van der Waals surface area contributed by atoms with Gasteiger partial charge in [-0.15, -0.1) is 0 Å². The van der Waals surface area contributed by atoms with E-state index in [2.05, 4.69) is 32.1 Å². The van der Waals surface area contributed by atoms with Gasteiger partial charge in [0.25, 0.3) is 0 Å². The van der Waals surface area contributed by atoms with Gasteiger partial charge >= 0.3 is 0 Å². The Balaban J connectivity index is 1.38. The highest BCUT2D eigenvalue weighted by Gasteiger charge is 2.41. The lowest BCUT2D eigenvalue weighted by molar-refractivity contribution is 0.170. The maximum atomic E-state index is 6.03. The summed E-state index contributed by atoms with van der Waals surface area (Å²) in [6.45, 7) is 4.42. The summed E-state index contributed by atoms with van der Waals surface area (Å²) in [6.07, 6.45) is 7.27. The van der Waals surface area contributed by atoms with Crippen molar-refractivity contribution in [1.29, 1.82) is 0 Å². The summed E-state index contributed by atoms with van der Waals surface area (Å²) in [5.74, 6) is 0.664. The number of aromatic nitrogens is 1. The van der Waals surface area contributed by atoms with Crippen LogP contribution in [0.15, 0.2) is 24.5 Å². The molecule has 0 amide bonds. The average molecular weight is 316 g/mol. The Kier molecular flexibility index (Phi) is 4.59. The van der Waals surface area contributed by atoms with E-state index in [4.69, 9.17) is 5.73 Å². The summed E-state index contributed by atoms with van der Waals surface area (Å²) in [7, 11) is 0. The lowest BCUT2D eigenvalue weighted by Crippen LogP contribution is -2.49. The van der Waals surface area contributed by atoms with Gasteiger partial charge in [0.2, 0.25) is 0 Å². The molecular formula is C17H28N6. The second kappa shape index (κ2) is 6.83. The molecule has 6 heteroatoms. The first-order chi connectivity index (χ1) is 11.3. The Labute approximate surface area is 138 Å². The van der Waals surface area contributed by atoms with Gasteiger partial charge in [-0.2, -0.15) is 0 Å². The van der Waals surface area contributed by atoms with Crippen LogP contribution in [0.4, 0.5) is 0 Å². The third kappa shape index (κ3) is 3.41. The highest BCUT2D eigenvalue weighted by atomic mass is 15.4. The molecule has 4 rings (SSSR count). The van der Waals surface area contributed by atoms with E-state index >= 15 is 0 Å². The summed E-state index contributed by atoms with van der Waals surface area (Å²) in [5, 5.41) is 3.66. The van der Waals surface area contributed by atoms with Crippen LogP contribution in [0.2, 0.25) is 0 Å². The average Bonchev–Trinajstić information content (AvgIpc) is 3.00. The third-order valence-corrected chi connectivity index (χ3v) is 5.75. The second-order valence-corrected chi connectivity index (χ2v) is 7.29. The number of hydrogen-bond acceptors (Lipinski definition) is 6. The van der Waals surface area contributed by atoms with Crippen LogP contribution < -0.4 is 21.9 Å². The molecule has 3 fully saturated rings. The molecule has 4 unspecified atom stereocenters. The summed E-state index contributed by atoms with van der Waals surface area (Å²) in [6, 6.07) is 6.09. The van der Waals surface area contributed by atoms with Gasteiger partial charge in [-0.05, 0) is 49.9 Å². The number of likely N-dealkylation sites (tertiary alicyclic amines) is 1. The molecule has 126 valence electrons. The molecule has 0 bridgehead atoms. The van der Waals surface area contributed by atoms with E-state index in [-0.39, 0.29) is 0 Å². The number of piperidine rings is 2. The van der Waals surface area contributed by atoms with Crippen molar-refractivity contribution in [1.82, 2.24) is 26.1 Å². The van der Waals surface area contributed by atoms with Crippen molar-refractivity contribution < 1.29 is 0 Å². The van der Waals surface area contributed by atoms with Crippen molar-refractivity contribution >= 4 is 0 Å². The first-order valence-corrected chi connectivity index (χ1v) is 8.92. The second-order valence-electron chi connectivity index (χ2n) is 7.29. The van der Waals surface area contributed by atoms with Crippen LogP contribution in [-0.4, -0.2) is 54.2 Å². The molecule has 5 N–H and O–H groups in total. The van der Waals surface area contributed by atoms with E-state index in [0.717, 1.165) is 45.4 Å². The number of fused-ring (bicyclic) bond motifs is 1. The molecule has 23 heavy (non-hydrogen) atoms. The molecule has 3 aliphatic heterocycles. The zero-order valence-electron chi connectivity index (χ0n) is 13.6. The Morgan fingerprint density at radius 3 is 2.91 bits per heavy atom. The van der Waals surface area contributed by atoms with E-state index < -0.39 is 0 Å². The van der Waals surface area contributed by atoms with Crippen LogP contribution in [0.5, 0.6) is 0 Å². The van der Waals surface area contributed by atoms with E-state index in [1.54, 1.807) is 0 Å². The normalized spacial score (nSPS) is 36.0. The smallest absolute Gasteiger partial charge is 0.0385 e. The van der Waals surface area contributed by atoms with Crippen LogP contribution >= 0.6 is 0 Å². The molecule has 4 heterocycles. The predicted octanol–water partition coefficient (Wildman–Crippen LogP) is 0.000300. The highest BCUT2D eigenvalue weighted by molar-refractivity contribution is 5.16. The predicted molar refractivity (Wildman–Crippen MR) is 90.6 cm³/mol. The largest absolute Gasteiger partial charge is 0.328 e. The fraction of sp³-hybridized carbons (Fsp3) is 0.706. The minimum absolute atomic E-state index is 0.405. The van der Waals surface area contributed by atoms with Gasteiger partial charge in [0, 0.05) is 49.7 Å².